The predicted molar refractivity (Wildman–Crippen MR) is 96.8 cm³/mol. The van der Waals surface area contributed by atoms with Gasteiger partial charge in [0, 0.05) is 30.9 Å². The van der Waals surface area contributed by atoms with E-state index in [-0.39, 0.29) is 5.75 Å². The van der Waals surface area contributed by atoms with Gasteiger partial charge in [0.25, 0.3) is 6.01 Å². The highest BCUT2D eigenvalue weighted by Gasteiger charge is 2.10. The van der Waals surface area contributed by atoms with Crippen molar-refractivity contribution in [1.82, 2.24) is 9.97 Å². The number of aromatic hydroxyl groups is 1. The van der Waals surface area contributed by atoms with Gasteiger partial charge in [-0.2, -0.15) is 4.98 Å². The minimum atomic E-state index is 0.0485. The molecule has 0 saturated heterocycles. The summed E-state index contributed by atoms with van der Waals surface area (Å²) in [4.78, 5) is 10.1. The van der Waals surface area contributed by atoms with Gasteiger partial charge in [-0.05, 0) is 30.3 Å². The van der Waals surface area contributed by atoms with Crippen molar-refractivity contribution >= 4 is 39.5 Å². The van der Waals surface area contributed by atoms with Crippen LogP contribution in [0.2, 0.25) is 5.15 Å². The van der Waals surface area contributed by atoms with E-state index in [1.54, 1.807) is 35.2 Å². The van der Waals surface area contributed by atoms with E-state index < -0.39 is 0 Å². The van der Waals surface area contributed by atoms with Crippen molar-refractivity contribution in [2.24, 2.45) is 0 Å². The third-order valence-electron chi connectivity index (χ3n) is 3.76. The van der Waals surface area contributed by atoms with Gasteiger partial charge in [-0.1, -0.05) is 11.6 Å². The van der Waals surface area contributed by atoms with Crippen molar-refractivity contribution < 1.29 is 14.3 Å². The number of aromatic nitrogens is 2. The molecule has 7 heteroatoms. The first-order valence-electron chi connectivity index (χ1n) is 7.54. The van der Waals surface area contributed by atoms with Crippen molar-refractivity contribution in [2.75, 3.05) is 19.0 Å². The summed E-state index contributed by atoms with van der Waals surface area (Å²) in [7, 11) is 3.73. The van der Waals surface area contributed by atoms with Crippen molar-refractivity contribution in [3.8, 4) is 17.2 Å². The summed E-state index contributed by atoms with van der Waals surface area (Å²) in [5.74, 6) is 1.23. The van der Waals surface area contributed by atoms with Crippen LogP contribution in [0.4, 0.5) is 6.01 Å². The van der Waals surface area contributed by atoms with Crippen LogP contribution in [0, 0.1) is 0 Å². The molecule has 0 unspecified atom stereocenters. The van der Waals surface area contributed by atoms with Gasteiger partial charge >= 0.3 is 0 Å². The Kier molecular flexibility index (Phi) is 3.62. The molecule has 0 atom stereocenters. The maximum Gasteiger partial charge on any atom is 0.297 e. The molecule has 1 N–H and O–H groups in total. The average Bonchev–Trinajstić information content (AvgIpc) is 3.02. The predicted octanol–water partition coefficient (Wildman–Crippen LogP) is 4.59. The maximum atomic E-state index is 9.98. The Morgan fingerprint density at radius 1 is 1.08 bits per heavy atom. The van der Waals surface area contributed by atoms with Gasteiger partial charge in [-0.25, -0.2) is 4.98 Å². The fourth-order valence-corrected chi connectivity index (χ4v) is 2.74. The lowest BCUT2D eigenvalue weighted by atomic mass is 10.1. The minimum absolute atomic E-state index is 0.0485. The lowest BCUT2D eigenvalue weighted by Crippen LogP contribution is -2.08. The third kappa shape index (κ3) is 2.81. The number of halogens is 1. The standard InChI is InChI=1S/C18H14ClN3O3/c1-22(2)18-21-14-8-11(4-6-16(14)25-18)24-10-3-5-12-13(7-10)15(23)9-20-17(12)19/h3-9,23H,1-2H3. The third-order valence-corrected chi connectivity index (χ3v) is 4.06. The number of fused-ring (bicyclic) bond motifs is 2. The van der Waals surface area contributed by atoms with Crippen molar-refractivity contribution in [1.29, 1.82) is 0 Å². The van der Waals surface area contributed by atoms with E-state index in [9.17, 15) is 5.11 Å². The van der Waals surface area contributed by atoms with E-state index in [2.05, 4.69) is 9.97 Å². The van der Waals surface area contributed by atoms with Crippen LogP contribution in [0.5, 0.6) is 17.2 Å². The number of pyridine rings is 1. The molecule has 0 amide bonds. The first kappa shape index (κ1) is 15.5. The first-order valence-corrected chi connectivity index (χ1v) is 7.92. The molecule has 2 heterocycles. The van der Waals surface area contributed by atoms with E-state index in [0.717, 1.165) is 0 Å². The number of anilines is 1. The van der Waals surface area contributed by atoms with Crippen LogP contribution < -0.4 is 9.64 Å². The molecule has 0 spiro atoms. The summed E-state index contributed by atoms with van der Waals surface area (Å²) in [5.41, 5.74) is 1.39. The van der Waals surface area contributed by atoms with E-state index in [1.807, 2.05) is 20.2 Å². The molecule has 25 heavy (non-hydrogen) atoms. The summed E-state index contributed by atoms with van der Waals surface area (Å²) in [5, 5.41) is 11.6. The molecule has 2 aromatic carbocycles. The van der Waals surface area contributed by atoms with Gasteiger partial charge in [-0.3, -0.25) is 0 Å². The Bertz CT molecular complexity index is 1090. The van der Waals surface area contributed by atoms with Crippen LogP contribution >= 0.6 is 11.6 Å². The number of oxazole rings is 1. The molecule has 0 radical (unpaired) electrons. The Morgan fingerprint density at radius 2 is 1.84 bits per heavy atom. The molecule has 0 bridgehead atoms. The molecule has 2 aromatic heterocycles. The summed E-state index contributed by atoms with van der Waals surface area (Å²) in [6, 6.07) is 11.2. The number of hydrogen-bond acceptors (Lipinski definition) is 6. The van der Waals surface area contributed by atoms with Gasteiger partial charge in [0.1, 0.15) is 27.9 Å². The molecular weight excluding hydrogens is 342 g/mol. The molecule has 0 saturated carbocycles. The molecule has 4 rings (SSSR count). The molecule has 4 aromatic rings. The van der Waals surface area contributed by atoms with Crippen molar-refractivity contribution in [3.63, 3.8) is 0 Å². The minimum Gasteiger partial charge on any atom is -0.506 e. The van der Waals surface area contributed by atoms with Crippen molar-refractivity contribution in [3.05, 3.63) is 47.7 Å². The van der Waals surface area contributed by atoms with E-state index >= 15 is 0 Å². The topological polar surface area (TPSA) is 71.6 Å². The fourth-order valence-electron chi connectivity index (χ4n) is 2.52. The normalized spacial score (nSPS) is 11.2. The molecule has 0 aliphatic rings. The summed E-state index contributed by atoms with van der Waals surface area (Å²) in [6.07, 6.45) is 1.32. The highest BCUT2D eigenvalue weighted by atomic mass is 35.5. The Labute approximate surface area is 148 Å². The molecule has 0 aliphatic heterocycles. The van der Waals surface area contributed by atoms with Crippen LogP contribution in [0.3, 0.4) is 0 Å². The fraction of sp³-hybridized carbons (Fsp3) is 0.111. The first-order chi connectivity index (χ1) is 12.0. The monoisotopic (exact) mass is 355 g/mol. The molecule has 126 valence electrons. The van der Waals surface area contributed by atoms with E-state index in [1.165, 1.54) is 6.20 Å². The second-order valence-electron chi connectivity index (χ2n) is 5.76. The zero-order chi connectivity index (χ0) is 17.6. The zero-order valence-electron chi connectivity index (χ0n) is 13.5. The van der Waals surface area contributed by atoms with Crippen LogP contribution in [0.1, 0.15) is 0 Å². The molecule has 0 fully saturated rings. The number of benzene rings is 2. The van der Waals surface area contributed by atoms with Gasteiger partial charge in [0.05, 0.1) is 6.20 Å². The quantitative estimate of drug-likeness (QED) is 0.542. The highest BCUT2D eigenvalue weighted by Crippen LogP contribution is 2.34. The average molecular weight is 356 g/mol. The molecular formula is C18H14ClN3O3. The van der Waals surface area contributed by atoms with Gasteiger partial charge in [0.2, 0.25) is 0 Å². The van der Waals surface area contributed by atoms with Crippen LogP contribution in [0.25, 0.3) is 21.9 Å². The number of ether oxygens (including phenoxy) is 1. The van der Waals surface area contributed by atoms with Crippen molar-refractivity contribution in [2.45, 2.75) is 0 Å². The lowest BCUT2D eigenvalue weighted by molar-refractivity contribution is 0.475. The second-order valence-corrected chi connectivity index (χ2v) is 6.12. The number of rotatable bonds is 3. The van der Waals surface area contributed by atoms with Gasteiger partial charge in [-0.15, -0.1) is 0 Å². The summed E-state index contributed by atoms with van der Waals surface area (Å²) >= 11 is 6.05. The smallest absolute Gasteiger partial charge is 0.297 e. The van der Waals surface area contributed by atoms with Gasteiger partial charge < -0.3 is 19.2 Å². The maximum absolute atomic E-state index is 9.98. The Balaban J connectivity index is 1.71. The van der Waals surface area contributed by atoms with E-state index in [4.69, 9.17) is 20.8 Å². The zero-order valence-corrected chi connectivity index (χ0v) is 14.3. The second kappa shape index (κ2) is 5.82. The van der Waals surface area contributed by atoms with Gasteiger partial charge in [0.15, 0.2) is 5.58 Å². The van der Waals surface area contributed by atoms with E-state index in [0.29, 0.717) is 44.5 Å². The van der Waals surface area contributed by atoms with Crippen LogP contribution in [-0.2, 0) is 0 Å². The summed E-state index contributed by atoms with van der Waals surface area (Å²) < 4.78 is 11.5. The number of nitrogens with zero attached hydrogens (tertiary/aromatic N) is 3. The lowest BCUT2D eigenvalue weighted by Gasteiger charge is -2.08. The summed E-state index contributed by atoms with van der Waals surface area (Å²) in [6.45, 7) is 0. The molecule has 0 aliphatic carbocycles. The van der Waals surface area contributed by atoms with Crippen LogP contribution in [-0.4, -0.2) is 29.2 Å². The number of hydrogen-bond donors (Lipinski definition) is 1. The van der Waals surface area contributed by atoms with Crippen LogP contribution in [0.15, 0.2) is 47.0 Å². The highest BCUT2D eigenvalue weighted by molar-refractivity contribution is 6.34. The largest absolute Gasteiger partial charge is 0.506 e. The Morgan fingerprint density at radius 3 is 2.64 bits per heavy atom. The Hall–Kier alpha value is -2.99. The molecule has 6 nitrogen and oxygen atoms in total. The SMILES string of the molecule is CN(C)c1nc2cc(Oc3ccc4c(Cl)ncc(O)c4c3)ccc2o1.